The number of rotatable bonds is 9. The summed E-state index contributed by atoms with van der Waals surface area (Å²) in [4.78, 5) is 6.66. The van der Waals surface area contributed by atoms with Crippen molar-refractivity contribution in [2.24, 2.45) is 0 Å². The van der Waals surface area contributed by atoms with E-state index in [2.05, 4.69) is 56.2 Å². The Balaban J connectivity index is 5.12. The zero-order chi connectivity index (χ0) is 19.4. The highest BCUT2D eigenvalue weighted by atomic mass is 33.4. The van der Waals surface area contributed by atoms with Gasteiger partial charge in [-0.2, -0.15) is 0 Å². The summed E-state index contributed by atoms with van der Waals surface area (Å²) >= 11 is 22.3. The number of nitrogens with zero attached hydrogens (tertiary/aromatic N) is 3. The van der Waals surface area contributed by atoms with Crippen LogP contribution in [0.3, 0.4) is 0 Å². The Kier molecular flexibility index (Phi) is 15.8. The van der Waals surface area contributed by atoms with E-state index in [1.807, 2.05) is 0 Å². The van der Waals surface area contributed by atoms with Gasteiger partial charge in [-0.3, -0.25) is 0 Å². The van der Waals surface area contributed by atoms with Gasteiger partial charge in [-0.15, -0.1) is 0 Å². The largest absolute Gasteiger partial charge is 0.358 e. The molecule has 0 rings (SSSR count). The number of thiocarbonyl (C=S) groups is 3. The quantitative estimate of drug-likeness (QED) is 0.278. The first-order chi connectivity index (χ1) is 11.9. The molecule has 0 bridgehead atoms. The van der Waals surface area contributed by atoms with Crippen molar-refractivity contribution in [3.05, 3.63) is 0 Å². The monoisotopic (exact) mass is 475 g/mol. The summed E-state index contributed by atoms with van der Waals surface area (Å²) in [5.41, 5.74) is -0.609. The Morgan fingerprint density at radius 1 is 0.560 bits per heavy atom. The molecule has 0 fully saturated rings. The van der Waals surface area contributed by atoms with Gasteiger partial charge in [-0.25, -0.2) is 0 Å². The molecule has 0 aromatic heterocycles. The Morgan fingerprint density at radius 2 is 0.760 bits per heavy atom. The number of hydrogen-bond acceptors (Lipinski definition) is 6. The lowest BCUT2D eigenvalue weighted by molar-refractivity contribution is 0.482. The minimum Gasteiger partial charge on any atom is -0.358 e. The molecule has 0 aromatic rings. The van der Waals surface area contributed by atoms with E-state index in [1.54, 1.807) is 34.1 Å². The molecule has 0 aliphatic carbocycles. The summed E-state index contributed by atoms with van der Waals surface area (Å²) in [6.07, 6.45) is 0. The molecule has 0 aliphatic rings. The van der Waals surface area contributed by atoms with Crippen LogP contribution in [0.4, 0.5) is 0 Å². The van der Waals surface area contributed by atoms with Crippen LogP contribution in [-0.4, -0.2) is 66.9 Å². The summed E-state index contributed by atoms with van der Waals surface area (Å²) in [5, 5.41) is 0. The maximum atomic E-state index is 5.67. The molecule has 0 atom stereocenters. The molecule has 0 radical (unpaired) electrons. The van der Waals surface area contributed by atoms with Crippen molar-refractivity contribution in [1.29, 1.82) is 0 Å². The lowest BCUT2D eigenvalue weighted by Crippen LogP contribution is -2.28. The second-order valence-electron chi connectivity index (χ2n) is 4.81. The summed E-state index contributed by atoms with van der Waals surface area (Å²) < 4.78 is 2.84. The molecule has 25 heavy (non-hydrogen) atoms. The second-order valence-corrected chi connectivity index (χ2v) is 15.9. The van der Waals surface area contributed by atoms with Gasteiger partial charge in [0.05, 0.1) is 5.53 Å². The van der Waals surface area contributed by atoms with E-state index in [0.717, 1.165) is 52.2 Å². The molecule has 0 N–H and O–H groups in total. The van der Waals surface area contributed by atoms with Crippen molar-refractivity contribution < 1.29 is 0 Å². The average Bonchev–Trinajstić information content (AvgIpc) is 2.57. The third-order valence-corrected chi connectivity index (χ3v) is 14.8. The first kappa shape index (κ1) is 26.1. The fraction of sp³-hybridized carbons (Fsp3) is 0.800. The van der Waals surface area contributed by atoms with Gasteiger partial charge in [0.1, 0.15) is 13.0 Å². The van der Waals surface area contributed by atoms with E-state index in [0.29, 0.717) is 0 Å². The van der Waals surface area contributed by atoms with Crippen molar-refractivity contribution >= 4 is 89.3 Å². The molecule has 0 unspecified atom stereocenters. The predicted octanol–water partition coefficient (Wildman–Crippen LogP) is 6.29. The number of hydrogen-bond donors (Lipinski definition) is 0. The summed E-state index contributed by atoms with van der Waals surface area (Å²) in [7, 11) is 0. The molecule has 0 saturated carbocycles. The van der Waals surface area contributed by atoms with Crippen LogP contribution >= 0.6 is 76.3 Å². The average molecular weight is 476 g/mol. The maximum absolute atomic E-state index is 5.67. The van der Waals surface area contributed by atoms with Gasteiger partial charge >= 0.3 is 0 Å². The highest BCUT2D eigenvalue weighted by Gasteiger charge is 2.23. The molecule has 0 amide bonds. The SMILES string of the molecule is CCN(CC)C(=S)SP(SC(=S)N(CC)CC)SC(=S)N(CC)CC. The van der Waals surface area contributed by atoms with Crippen LogP contribution in [0, 0.1) is 0 Å². The van der Waals surface area contributed by atoms with E-state index in [4.69, 9.17) is 36.7 Å². The minimum absolute atomic E-state index is 0.609. The lowest BCUT2D eigenvalue weighted by atomic mass is 10.6. The van der Waals surface area contributed by atoms with Gasteiger partial charge in [-0.05, 0) is 75.7 Å². The summed E-state index contributed by atoms with van der Waals surface area (Å²) in [5.74, 6) is 0. The fourth-order valence-electron chi connectivity index (χ4n) is 1.87. The van der Waals surface area contributed by atoms with Crippen LogP contribution in [0.1, 0.15) is 41.5 Å². The van der Waals surface area contributed by atoms with Crippen LogP contribution in [0.15, 0.2) is 0 Å². The Morgan fingerprint density at radius 3 is 0.920 bits per heavy atom. The standard InChI is InChI=1S/C15H30N3PS6/c1-7-16(8-2)13(20)23-19(24-14(21)17(9-3)10-4)25-15(22)18(11-5)12-6/h7-12H2,1-6H3. The van der Waals surface area contributed by atoms with Gasteiger partial charge < -0.3 is 14.7 Å². The molecule has 0 aromatic carbocycles. The first-order valence-corrected chi connectivity index (χ1v) is 15.4. The van der Waals surface area contributed by atoms with Gasteiger partial charge in [0.2, 0.25) is 0 Å². The Hall–Kier alpha value is 1.15. The van der Waals surface area contributed by atoms with Crippen LogP contribution in [-0.2, 0) is 0 Å². The van der Waals surface area contributed by atoms with Crippen molar-refractivity contribution in [1.82, 2.24) is 14.7 Å². The van der Waals surface area contributed by atoms with Crippen molar-refractivity contribution in [3.8, 4) is 0 Å². The molecule has 146 valence electrons. The van der Waals surface area contributed by atoms with Crippen molar-refractivity contribution in [3.63, 3.8) is 0 Å². The first-order valence-electron chi connectivity index (χ1n) is 8.58. The van der Waals surface area contributed by atoms with Gasteiger partial charge in [0.25, 0.3) is 0 Å². The lowest BCUT2D eigenvalue weighted by Gasteiger charge is -2.28. The van der Waals surface area contributed by atoms with E-state index < -0.39 is 5.53 Å². The Bertz CT molecular complexity index is 364. The topological polar surface area (TPSA) is 9.72 Å². The smallest absolute Gasteiger partial charge is 0.142 e. The molecular formula is C15H30N3PS6. The van der Waals surface area contributed by atoms with E-state index in [9.17, 15) is 0 Å². The third kappa shape index (κ3) is 9.77. The van der Waals surface area contributed by atoms with Crippen LogP contribution in [0.2, 0.25) is 0 Å². The maximum Gasteiger partial charge on any atom is 0.142 e. The van der Waals surface area contributed by atoms with E-state index in [1.165, 1.54) is 0 Å². The molecular weight excluding hydrogens is 446 g/mol. The van der Waals surface area contributed by atoms with Gasteiger partial charge in [0, 0.05) is 39.3 Å². The zero-order valence-corrected chi connectivity index (χ0v) is 21.8. The van der Waals surface area contributed by atoms with E-state index in [-0.39, 0.29) is 0 Å². The summed E-state index contributed by atoms with van der Waals surface area (Å²) in [6.45, 7) is 18.4. The molecule has 10 heteroatoms. The molecule has 0 aliphatic heterocycles. The van der Waals surface area contributed by atoms with Crippen molar-refractivity contribution in [2.75, 3.05) is 39.3 Å². The molecule has 0 saturated heterocycles. The highest BCUT2D eigenvalue weighted by molar-refractivity contribution is 9.19. The second kappa shape index (κ2) is 15.1. The summed E-state index contributed by atoms with van der Waals surface area (Å²) in [6, 6.07) is 0. The molecule has 0 spiro atoms. The Labute approximate surface area is 183 Å². The van der Waals surface area contributed by atoms with Gasteiger partial charge in [-0.1, -0.05) is 36.7 Å². The normalized spacial score (nSPS) is 10.7. The van der Waals surface area contributed by atoms with Crippen molar-refractivity contribution in [2.45, 2.75) is 41.5 Å². The molecule has 3 nitrogen and oxygen atoms in total. The van der Waals surface area contributed by atoms with Crippen LogP contribution in [0.25, 0.3) is 0 Å². The van der Waals surface area contributed by atoms with Crippen LogP contribution in [0.5, 0.6) is 0 Å². The zero-order valence-electron chi connectivity index (χ0n) is 16.0. The fourth-order valence-corrected chi connectivity index (χ4v) is 16.2. The third-order valence-electron chi connectivity index (χ3n) is 3.52. The molecule has 0 heterocycles. The van der Waals surface area contributed by atoms with Gasteiger partial charge in [0.15, 0.2) is 0 Å². The predicted molar refractivity (Wildman–Crippen MR) is 136 cm³/mol. The van der Waals surface area contributed by atoms with E-state index >= 15 is 0 Å². The minimum atomic E-state index is -0.609. The highest BCUT2D eigenvalue weighted by Crippen LogP contribution is 2.71. The van der Waals surface area contributed by atoms with Crippen LogP contribution < -0.4 is 0 Å².